The normalized spacial score (nSPS) is 11.8. The average Bonchev–Trinajstić information content (AvgIpc) is 2.49. The molecule has 110 valence electrons. The topological polar surface area (TPSA) is 58.1 Å². The molecule has 0 aliphatic heterocycles. The molecule has 0 saturated carbocycles. The SMILES string of the molecule is CC(Nc1ccc(Cl)c(C(=O)N(C)C)c1)c1cnccn1. The van der Waals surface area contributed by atoms with Crippen molar-refractivity contribution in [1.29, 1.82) is 0 Å². The molecule has 1 aromatic carbocycles. The predicted molar refractivity (Wildman–Crippen MR) is 83.5 cm³/mol. The van der Waals surface area contributed by atoms with Gasteiger partial charge in [0.05, 0.1) is 28.5 Å². The monoisotopic (exact) mass is 304 g/mol. The van der Waals surface area contributed by atoms with Crippen molar-refractivity contribution in [3.8, 4) is 0 Å². The van der Waals surface area contributed by atoms with Crippen LogP contribution in [0.2, 0.25) is 5.02 Å². The van der Waals surface area contributed by atoms with E-state index < -0.39 is 0 Å². The molecule has 1 atom stereocenters. The summed E-state index contributed by atoms with van der Waals surface area (Å²) >= 11 is 6.09. The van der Waals surface area contributed by atoms with Gasteiger partial charge in [0.15, 0.2) is 0 Å². The summed E-state index contributed by atoms with van der Waals surface area (Å²) in [6.45, 7) is 1.98. The van der Waals surface area contributed by atoms with Gasteiger partial charge in [-0.2, -0.15) is 0 Å². The summed E-state index contributed by atoms with van der Waals surface area (Å²) in [4.78, 5) is 21.9. The third kappa shape index (κ3) is 3.70. The highest BCUT2D eigenvalue weighted by atomic mass is 35.5. The van der Waals surface area contributed by atoms with Gasteiger partial charge in [-0.05, 0) is 25.1 Å². The summed E-state index contributed by atoms with van der Waals surface area (Å²) in [5.41, 5.74) is 2.11. The zero-order chi connectivity index (χ0) is 15.4. The lowest BCUT2D eigenvalue weighted by Crippen LogP contribution is -2.22. The zero-order valence-corrected chi connectivity index (χ0v) is 12.9. The van der Waals surface area contributed by atoms with E-state index in [0.717, 1.165) is 11.4 Å². The number of hydrogen-bond acceptors (Lipinski definition) is 4. The lowest BCUT2D eigenvalue weighted by Gasteiger charge is -2.17. The second-order valence-corrected chi connectivity index (χ2v) is 5.30. The first-order valence-electron chi connectivity index (χ1n) is 6.52. The Morgan fingerprint density at radius 3 is 2.71 bits per heavy atom. The minimum absolute atomic E-state index is 0.0258. The summed E-state index contributed by atoms with van der Waals surface area (Å²) in [5, 5.41) is 3.72. The summed E-state index contributed by atoms with van der Waals surface area (Å²) in [7, 11) is 3.39. The molecule has 0 spiro atoms. The number of halogens is 1. The first kappa shape index (κ1) is 15.3. The van der Waals surface area contributed by atoms with Gasteiger partial charge in [0.1, 0.15) is 0 Å². The first-order valence-corrected chi connectivity index (χ1v) is 6.90. The molecule has 0 aliphatic rings. The fraction of sp³-hybridized carbons (Fsp3) is 0.267. The zero-order valence-electron chi connectivity index (χ0n) is 12.2. The van der Waals surface area contributed by atoms with Crippen LogP contribution in [0.15, 0.2) is 36.8 Å². The van der Waals surface area contributed by atoms with Crippen LogP contribution in [0.1, 0.15) is 29.0 Å². The molecule has 1 unspecified atom stereocenters. The van der Waals surface area contributed by atoms with Crippen LogP contribution in [0.3, 0.4) is 0 Å². The number of rotatable bonds is 4. The van der Waals surface area contributed by atoms with E-state index in [-0.39, 0.29) is 11.9 Å². The number of benzene rings is 1. The highest BCUT2D eigenvalue weighted by molar-refractivity contribution is 6.34. The summed E-state index contributed by atoms with van der Waals surface area (Å²) in [5.74, 6) is -0.129. The van der Waals surface area contributed by atoms with Gasteiger partial charge in [-0.15, -0.1) is 0 Å². The molecule has 21 heavy (non-hydrogen) atoms. The van der Waals surface area contributed by atoms with Crippen LogP contribution in [0.5, 0.6) is 0 Å². The van der Waals surface area contributed by atoms with Crippen molar-refractivity contribution in [1.82, 2.24) is 14.9 Å². The van der Waals surface area contributed by atoms with Crippen LogP contribution in [-0.4, -0.2) is 34.9 Å². The van der Waals surface area contributed by atoms with Gasteiger partial charge in [-0.25, -0.2) is 0 Å². The van der Waals surface area contributed by atoms with E-state index in [2.05, 4.69) is 15.3 Å². The van der Waals surface area contributed by atoms with Gasteiger partial charge in [0.2, 0.25) is 0 Å². The molecule has 2 aromatic rings. The van der Waals surface area contributed by atoms with Gasteiger partial charge in [0.25, 0.3) is 5.91 Å². The lowest BCUT2D eigenvalue weighted by molar-refractivity contribution is 0.0828. The lowest BCUT2D eigenvalue weighted by atomic mass is 10.1. The van der Waals surface area contributed by atoms with E-state index in [4.69, 9.17) is 11.6 Å². The minimum atomic E-state index is -0.129. The summed E-state index contributed by atoms with van der Waals surface area (Å²) in [6, 6.07) is 5.27. The Balaban J connectivity index is 2.22. The largest absolute Gasteiger partial charge is 0.377 e. The number of nitrogens with zero attached hydrogens (tertiary/aromatic N) is 3. The number of hydrogen-bond donors (Lipinski definition) is 1. The van der Waals surface area contributed by atoms with Crippen LogP contribution in [0, 0.1) is 0 Å². The van der Waals surface area contributed by atoms with Crippen LogP contribution < -0.4 is 5.32 Å². The Labute approximate surface area is 129 Å². The van der Waals surface area contributed by atoms with Crippen molar-refractivity contribution in [3.63, 3.8) is 0 Å². The molecule has 0 bridgehead atoms. The van der Waals surface area contributed by atoms with E-state index in [1.807, 2.05) is 13.0 Å². The summed E-state index contributed by atoms with van der Waals surface area (Å²) < 4.78 is 0. The second kappa shape index (κ2) is 6.54. The molecule has 0 radical (unpaired) electrons. The maximum atomic E-state index is 12.1. The number of carbonyl (C=O) groups excluding carboxylic acids is 1. The Morgan fingerprint density at radius 2 is 2.10 bits per heavy atom. The van der Waals surface area contributed by atoms with Gasteiger partial charge in [-0.1, -0.05) is 11.6 Å². The molecule has 2 rings (SSSR count). The predicted octanol–water partition coefficient (Wildman–Crippen LogP) is 3.00. The van der Waals surface area contributed by atoms with Crippen molar-refractivity contribution in [2.75, 3.05) is 19.4 Å². The molecule has 1 N–H and O–H groups in total. The molecule has 0 saturated heterocycles. The molecular weight excluding hydrogens is 288 g/mol. The molecule has 1 heterocycles. The first-order chi connectivity index (χ1) is 9.99. The summed E-state index contributed by atoms with van der Waals surface area (Å²) in [6.07, 6.45) is 4.99. The van der Waals surface area contributed by atoms with E-state index in [9.17, 15) is 4.79 Å². The number of aromatic nitrogens is 2. The Kier molecular flexibility index (Phi) is 4.75. The maximum absolute atomic E-state index is 12.1. The van der Waals surface area contributed by atoms with Crippen LogP contribution in [-0.2, 0) is 0 Å². The number of anilines is 1. The van der Waals surface area contributed by atoms with E-state index >= 15 is 0 Å². The smallest absolute Gasteiger partial charge is 0.254 e. The van der Waals surface area contributed by atoms with Crippen molar-refractivity contribution < 1.29 is 4.79 Å². The molecule has 6 heteroatoms. The van der Waals surface area contributed by atoms with E-state index in [0.29, 0.717) is 10.6 Å². The highest BCUT2D eigenvalue weighted by Crippen LogP contribution is 2.24. The maximum Gasteiger partial charge on any atom is 0.254 e. The fourth-order valence-corrected chi connectivity index (χ4v) is 2.08. The van der Waals surface area contributed by atoms with Gasteiger partial charge < -0.3 is 10.2 Å². The van der Waals surface area contributed by atoms with Crippen LogP contribution >= 0.6 is 11.6 Å². The van der Waals surface area contributed by atoms with E-state index in [1.54, 1.807) is 44.8 Å². The van der Waals surface area contributed by atoms with Crippen molar-refractivity contribution in [2.45, 2.75) is 13.0 Å². The molecule has 1 aromatic heterocycles. The van der Waals surface area contributed by atoms with Gasteiger partial charge in [-0.3, -0.25) is 14.8 Å². The number of carbonyl (C=O) groups is 1. The number of nitrogens with one attached hydrogen (secondary N) is 1. The standard InChI is InChI=1S/C15H17ClN4O/c1-10(14-9-17-6-7-18-14)19-11-4-5-13(16)12(8-11)15(21)20(2)3/h4-10,19H,1-3H3. The minimum Gasteiger partial charge on any atom is -0.377 e. The fourth-order valence-electron chi connectivity index (χ4n) is 1.88. The second-order valence-electron chi connectivity index (χ2n) is 4.89. The molecule has 1 amide bonds. The van der Waals surface area contributed by atoms with Crippen LogP contribution in [0.25, 0.3) is 0 Å². The van der Waals surface area contributed by atoms with Gasteiger partial charge in [0, 0.05) is 32.2 Å². The van der Waals surface area contributed by atoms with Gasteiger partial charge >= 0.3 is 0 Å². The van der Waals surface area contributed by atoms with Crippen LogP contribution in [0.4, 0.5) is 5.69 Å². The van der Waals surface area contributed by atoms with Crippen molar-refractivity contribution in [2.24, 2.45) is 0 Å². The third-order valence-corrected chi connectivity index (χ3v) is 3.34. The van der Waals surface area contributed by atoms with E-state index in [1.165, 1.54) is 4.90 Å². The Bertz CT molecular complexity index is 631. The van der Waals surface area contributed by atoms with Crippen molar-refractivity contribution in [3.05, 3.63) is 53.1 Å². The molecular formula is C15H17ClN4O. The quantitative estimate of drug-likeness (QED) is 0.943. The van der Waals surface area contributed by atoms with Crippen molar-refractivity contribution >= 4 is 23.2 Å². The number of amides is 1. The average molecular weight is 305 g/mol. The third-order valence-electron chi connectivity index (χ3n) is 3.01. The molecule has 5 nitrogen and oxygen atoms in total. The Morgan fingerprint density at radius 1 is 1.33 bits per heavy atom. The molecule has 0 aliphatic carbocycles. The highest BCUT2D eigenvalue weighted by Gasteiger charge is 2.14. The Hall–Kier alpha value is -2.14. The molecule has 0 fully saturated rings.